The highest BCUT2D eigenvalue weighted by atomic mass is 35.5. The quantitative estimate of drug-likeness (QED) is 0.819. The first-order valence-corrected chi connectivity index (χ1v) is 7.14. The molecule has 2 aliphatic heterocycles. The molecule has 3 rings (SSSR count). The van der Waals surface area contributed by atoms with Crippen molar-refractivity contribution in [2.45, 2.75) is 51.6 Å². The monoisotopic (exact) mass is 345 g/mol. The largest absolute Gasteiger partial charge is 0.485 e. The van der Waals surface area contributed by atoms with Gasteiger partial charge in [0.2, 0.25) is 0 Å². The van der Waals surface area contributed by atoms with Gasteiger partial charge in [0.25, 0.3) is 0 Å². The second-order valence-electron chi connectivity index (χ2n) is 6.80. The molecule has 1 aromatic rings. The summed E-state index contributed by atoms with van der Waals surface area (Å²) in [5, 5.41) is 0. The summed E-state index contributed by atoms with van der Waals surface area (Å²) in [6.45, 7) is 11.0. The Kier molecular flexibility index (Phi) is 4.85. The van der Waals surface area contributed by atoms with E-state index in [0.717, 1.165) is 22.6 Å². The average molecular weight is 346 g/mol. The third kappa shape index (κ3) is 2.20. The normalized spacial score (nSPS) is 27.0. The first-order valence-electron chi connectivity index (χ1n) is 7.14. The highest BCUT2D eigenvalue weighted by Gasteiger charge is 2.47. The Morgan fingerprint density at radius 1 is 1.27 bits per heavy atom. The minimum Gasteiger partial charge on any atom is -0.485 e. The van der Waals surface area contributed by atoms with Crippen LogP contribution in [0.4, 0.5) is 5.69 Å². The number of nitrogens with two attached hydrogens (primary N) is 2. The molecule has 0 fully saturated rings. The van der Waals surface area contributed by atoms with Gasteiger partial charge in [-0.25, -0.2) is 4.99 Å². The summed E-state index contributed by atoms with van der Waals surface area (Å²) in [6, 6.07) is 2.18. The summed E-state index contributed by atoms with van der Waals surface area (Å²) in [5.41, 5.74) is 15.9. The van der Waals surface area contributed by atoms with E-state index in [9.17, 15) is 0 Å². The highest BCUT2D eigenvalue weighted by Crippen LogP contribution is 2.55. The zero-order valence-electron chi connectivity index (χ0n) is 13.7. The highest BCUT2D eigenvalue weighted by molar-refractivity contribution is 6.00. The van der Waals surface area contributed by atoms with E-state index >= 15 is 0 Å². The Bertz CT molecular complexity index is 643. The third-order valence-electron chi connectivity index (χ3n) is 5.09. The van der Waals surface area contributed by atoms with E-state index < -0.39 is 0 Å². The smallest absolute Gasteiger partial charge is 0.130 e. The van der Waals surface area contributed by atoms with Crippen molar-refractivity contribution in [3.63, 3.8) is 0 Å². The lowest BCUT2D eigenvalue weighted by Gasteiger charge is -2.28. The Labute approximate surface area is 144 Å². The lowest BCUT2D eigenvalue weighted by atomic mass is 9.80. The molecule has 4 N–H and O–H groups in total. The number of hydrogen-bond acceptors (Lipinski definition) is 4. The number of halogens is 2. The van der Waals surface area contributed by atoms with Crippen LogP contribution in [-0.2, 0) is 5.41 Å². The maximum Gasteiger partial charge on any atom is 0.130 e. The van der Waals surface area contributed by atoms with Gasteiger partial charge in [0, 0.05) is 23.6 Å². The van der Waals surface area contributed by atoms with E-state index in [1.54, 1.807) is 0 Å². The molecule has 0 unspecified atom stereocenters. The molecule has 0 radical (unpaired) electrons. The number of ether oxygens (including phenoxy) is 1. The molecule has 0 amide bonds. The number of aryl methyl sites for hydroxylation is 1. The molecule has 0 aliphatic carbocycles. The van der Waals surface area contributed by atoms with Gasteiger partial charge in [0.05, 0.1) is 11.1 Å². The van der Waals surface area contributed by atoms with Crippen LogP contribution < -0.4 is 16.2 Å². The summed E-state index contributed by atoms with van der Waals surface area (Å²) >= 11 is 0. The van der Waals surface area contributed by atoms with Crippen LogP contribution in [0.1, 0.15) is 50.3 Å². The van der Waals surface area contributed by atoms with Crippen LogP contribution in [0.25, 0.3) is 0 Å². The molecule has 0 saturated carbocycles. The molecule has 0 spiro atoms. The first-order chi connectivity index (χ1) is 9.22. The summed E-state index contributed by atoms with van der Waals surface area (Å²) < 4.78 is 6.28. The molecule has 124 valence electrons. The van der Waals surface area contributed by atoms with Crippen LogP contribution >= 0.6 is 24.8 Å². The van der Waals surface area contributed by atoms with Gasteiger partial charge in [-0.15, -0.1) is 24.8 Å². The van der Waals surface area contributed by atoms with Gasteiger partial charge in [-0.3, -0.25) is 0 Å². The van der Waals surface area contributed by atoms with Crippen molar-refractivity contribution in [1.29, 1.82) is 0 Å². The molecule has 0 aromatic heterocycles. The number of fused-ring (bicyclic) bond motifs is 3. The predicted octanol–water partition coefficient (Wildman–Crippen LogP) is 3.33. The maximum atomic E-state index is 6.28. The molecule has 4 nitrogen and oxygen atoms in total. The van der Waals surface area contributed by atoms with Gasteiger partial charge in [0.1, 0.15) is 17.2 Å². The number of hydrogen-bond donors (Lipinski definition) is 2. The molecule has 0 saturated heterocycles. The van der Waals surface area contributed by atoms with Gasteiger partial charge >= 0.3 is 0 Å². The van der Waals surface area contributed by atoms with Crippen molar-refractivity contribution in [2.75, 3.05) is 6.54 Å². The van der Waals surface area contributed by atoms with Crippen LogP contribution in [0.3, 0.4) is 0 Å². The maximum absolute atomic E-state index is 6.28. The van der Waals surface area contributed by atoms with Crippen molar-refractivity contribution in [1.82, 2.24) is 0 Å². The third-order valence-corrected chi connectivity index (χ3v) is 5.09. The summed E-state index contributed by atoms with van der Waals surface area (Å²) in [5.74, 6) is 1.87. The lowest BCUT2D eigenvalue weighted by Crippen LogP contribution is -2.41. The van der Waals surface area contributed by atoms with E-state index in [-0.39, 0.29) is 41.7 Å². The molecule has 1 aromatic carbocycles. The molecule has 2 heterocycles. The van der Waals surface area contributed by atoms with Gasteiger partial charge in [-0.1, -0.05) is 6.92 Å². The fourth-order valence-corrected chi connectivity index (χ4v) is 3.23. The van der Waals surface area contributed by atoms with Crippen LogP contribution in [0.2, 0.25) is 0 Å². The van der Waals surface area contributed by atoms with Crippen molar-refractivity contribution in [3.05, 3.63) is 22.8 Å². The van der Waals surface area contributed by atoms with E-state index in [1.807, 2.05) is 0 Å². The second kappa shape index (κ2) is 5.59. The number of rotatable bonds is 1. The lowest BCUT2D eigenvalue weighted by molar-refractivity contribution is 0.102. The van der Waals surface area contributed by atoms with E-state index in [0.29, 0.717) is 12.4 Å². The minimum atomic E-state index is -0.350. The number of nitrogens with zero attached hydrogens (tertiary/aromatic N) is 1. The summed E-state index contributed by atoms with van der Waals surface area (Å²) in [6.07, 6.45) is 0. The number of aliphatic imine (C=N–C) groups is 1. The SMILES string of the molecule is Cc1cc2c(c3c1N=C(N)C3(C)C)O[C@@](C)(CN)[C@H]2C.Cl.Cl. The molecular formula is C16H25Cl2N3O. The fourth-order valence-electron chi connectivity index (χ4n) is 3.23. The van der Waals surface area contributed by atoms with Crippen molar-refractivity contribution in [2.24, 2.45) is 16.5 Å². The first kappa shape index (κ1) is 19.1. The standard InChI is InChI=1S/C16H23N3O.2ClH/c1-8-6-10-9(2)16(5,7-17)20-13(10)11-12(8)19-14(18)15(11,3)4;;/h6,9H,7,17H2,1-5H3,(H2,18,19);2*1H/t9-,16-;;/m0../s1. The number of benzene rings is 1. The molecule has 0 bridgehead atoms. The Balaban J connectivity index is 0.00000121. The number of amidine groups is 1. The van der Waals surface area contributed by atoms with Gasteiger partial charge < -0.3 is 16.2 Å². The molecule has 2 atom stereocenters. The zero-order valence-corrected chi connectivity index (χ0v) is 15.3. The topological polar surface area (TPSA) is 73.6 Å². The Morgan fingerprint density at radius 3 is 2.41 bits per heavy atom. The average Bonchev–Trinajstić information content (AvgIpc) is 2.77. The summed E-state index contributed by atoms with van der Waals surface area (Å²) in [4.78, 5) is 4.56. The minimum absolute atomic E-state index is 0. The van der Waals surface area contributed by atoms with Crippen molar-refractivity contribution in [3.8, 4) is 5.75 Å². The molecule has 22 heavy (non-hydrogen) atoms. The Morgan fingerprint density at radius 2 is 1.86 bits per heavy atom. The van der Waals surface area contributed by atoms with Crippen LogP contribution in [-0.4, -0.2) is 18.0 Å². The van der Waals surface area contributed by atoms with Crippen LogP contribution in [0, 0.1) is 6.92 Å². The fraction of sp³-hybridized carbons (Fsp3) is 0.562. The molecule has 6 heteroatoms. The van der Waals surface area contributed by atoms with E-state index in [1.165, 1.54) is 5.56 Å². The van der Waals surface area contributed by atoms with Crippen LogP contribution in [0.15, 0.2) is 11.1 Å². The van der Waals surface area contributed by atoms with Crippen molar-refractivity contribution >= 4 is 36.3 Å². The zero-order chi connectivity index (χ0) is 14.9. The molecule has 2 aliphatic rings. The van der Waals surface area contributed by atoms with E-state index in [2.05, 4.69) is 45.7 Å². The molecular weight excluding hydrogens is 321 g/mol. The predicted molar refractivity (Wildman–Crippen MR) is 96.5 cm³/mol. The van der Waals surface area contributed by atoms with Gasteiger partial charge in [-0.2, -0.15) is 0 Å². The van der Waals surface area contributed by atoms with Crippen molar-refractivity contribution < 1.29 is 4.74 Å². The van der Waals surface area contributed by atoms with Crippen LogP contribution in [0.5, 0.6) is 5.75 Å². The van der Waals surface area contributed by atoms with Gasteiger partial charge in [0.15, 0.2) is 0 Å². The Hall–Kier alpha value is -0.970. The summed E-state index contributed by atoms with van der Waals surface area (Å²) in [7, 11) is 0. The van der Waals surface area contributed by atoms with Gasteiger partial charge in [-0.05, 0) is 39.3 Å². The second-order valence-corrected chi connectivity index (χ2v) is 6.80. The van der Waals surface area contributed by atoms with E-state index in [4.69, 9.17) is 16.2 Å².